The summed E-state index contributed by atoms with van der Waals surface area (Å²) in [6.07, 6.45) is 6.34. The normalized spacial score (nSPS) is 27.3. The molecule has 4 bridgehead atoms. The van der Waals surface area contributed by atoms with Gasteiger partial charge in [0.15, 0.2) is 0 Å². The third kappa shape index (κ3) is 3.84. The van der Waals surface area contributed by atoms with Crippen LogP contribution in [0.4, 0.5) is 15.1 Å². The van der Waals surface area contributed by atoms with Gasteiger partial charge in [0, 0.05) is 0 Å². The van der Waals surface area contributed by atoms with Crippen LogP contribution in [0.3, 0.4) is 0 Å². The van der Waals surface area contributed by atoms with Crippen LogP contribution in [0.5, 0.6) is 0 Å². The number of hydrogen-bond donors (Lipinski definition) is 2. The quantitative estimate of drug-likeness (QED) is 0.574. The summed E-state index contributed by atoms with van der Waals surface area (Å²) >= 11 is 1.03. The second-order valence-electron chi connectivity index (χ2n) is 9.84. The fourth-order valence-electron chi connectivity index (χ4n) is 6.53. The van der Waals surface area contributed by atoms with Crippen molar-refractivity contribution in [2.45, 2.75) is 45.4 Å². The Hall–Kier alpha value is -2.74. The Bertz CT molecular complexity index is 1110. The van der Waals surface area contributed by atoms with Gasteiger partial charge in [-0.05, 0) is 80.9 Å². The van der Waals surface area contributed by atoms with E-state index in [-0.39, 0.29) is 22.0 Å². The molecule has 33 heavy (non-hydrogen) atoms. The van der Waals surface area contributed by atoms with Crippen molar-refractivity contribution in [1.29, 1.82) is 0 Å². The van der Waals surface area contributed by atoms with Gasteiger partial charge in [0.05, 0.1) is 28.7 Å². The largest absolute Gasteiger partial charge is 0.465 e. The Morgan fingerprint density at radius 3 is 2.21 bits per heavy atom. The standard InChI is InChI=1S/C25H27FN2O4S/c1-13-19(23(30)32-2)22(33-20(13)21(29)27-18-6-4-3-5-17(18)26)28-24(31)25-10-14-7-15(11-25)9-16(8-14)12-25/h3-6,14-16H,7-12H2,1-2H3,(H,27,29)(H,28,31). The molecule has 0 saturated heterocycles. The topological polar surface area (TPSA) is 84.5 Å². The molecule has 0 unspecified atom stereocenters. The highest BCUT2D eigenvalue weighted by molar-refractivity contribution is 7.19. The maximum atomic E-state index is 14.0. The van der Waals surface area contributed by atoms with E-state index in [1.165, 1.54) is 44.6 Å². The lowest BCUT2D eigenvalue weighted by atomic mass is 9.49. The number of methoxy groups -OCH3 is 1. The summed E-state index contributed by atoms with van der Waals surface area (Å²) in [5.74, 6) is 0.0491. The Labute approximate surface area is 195 Å². The lowest BCUT2D eigenvalue weighted by Crippen LogP contribution is -2.51. The van der Waals surface area contributed by atoms with Gasteiger partial charge in [-0.1, -0.05) is 12.1 Å². The zero-order valence-corrected chi connectivity index (χ0v) is 19.5. The molecule has 174 valence electrons. The van der Waals surface area contributed by atoms with Crippen LogP contribution in [0.25, 0.3) is 0 Å². The molecule has 2 amide bonds. The van der Waals surface area contributed by atoms with Crippen LogP contribution in [-0.4, -0.2) is 24.9 Å². The summed E-state index contributed by atoms with van der Waals surface area (Å²) in [6.45, 7) is 1.64. The summed E-state index contributed by atoms with van der Waals surface area (Å²) in [5.41, 5.74) is 0.241. The number of ether oxygens (including phenoxy) is 1. The molecule has 1 heterocycles. The van der Waals surface area contributed by atoms with E-state index >= 15 is 0 Å². The van der Waals surface area contributed by atoms with Crippen LogP contribution < -0.4 is 10.6 Å². The number of benzene rings is 1. The van der Waals surface area contributed by atoms with Crippen molar-refractivity contribution in [3.8, 4) is 0 Å². The van der Waals surface area contributed by atoms with E-state index in [0.29, 0.717) is 28.3 Å². The molecule has 4 fully saturated rings. The Morgan fingerprint density at radius 1 is 1.03 bits per heavy atom. The minimum atomic E-state index is -0.616. The first-order chi connectivity index (χ1) is 15.8. The zero-order chi connectivity index (χ0) is 23.3. The van der Waals surface area contributed by atoms with E-state index < -0.39 is 23.1 Å². The van der Waals surface area contributed by atoms with Crippen LogP contribution in [0.15, 0.2) is 24.3 Å². The van der Waals surface area contributed by atoms with Crippen molar-refractivity contribution in [1.82, 2.24) is 0 Å². The van der Waals surface area contributed by atoms with E-state index in [2.05, 4.69) is 10.6 Å². The number of carbonyl (C=O) groups excluding carboxylic acids is 3. The van der Waals surface area contributed by atoms with Gasteiger partial charge in [0.2, 0.25) is 5.91 Å². The summed E-state index contributed by atoms with van der Waals surface area (Å²) in [7, 11) is 1.27. The van der Waals surface area contributed by atoms with Gasteiger partial charge >= 0.3 is 5.97 Å². The minimum Gasteiger partial charge on any atom is -0.465 e. The smallest absolute Gasteiger partial charge is 0.341 e. The van der Waals surface area contributed by atoms with Crippen LogP contribution in [0, 0.1) is 35.9 Å². The molecule has 0 aliphatic heterocycles. The Balaban J connectivity index is 1.43. The average molecular weight is 471 g/mol. The Kier molecular flexibility index (Phi) is 5.51. The highest BCUT2D eigenvalue weighted by Gasteiger charge is 2.54. The van der Waals surface area contributed by atoms with Crippen molar-refractivity contribution in [3.05, 3.63) is 46.1 Å². The predicted molar refractivity (Wildman–Crippen MR) is 124 cm³/mol. The number of thiophene rings is 1. The molecular weight excluding hydrogens is 443 g/mol. The van der Waals surface area contributed by atoms with Crippen LogP contribution in [0.1, 0.15) is 64.1 Å². The van der Waals surface area contributed by atoms with E-state index in [4.69, 9.17) is 4.74 Å². The summed E-state index contributed by atoms with van der Waals surface area (Å²) < 4.78 is 19.0. The van der Waals surface area contributed by atoms with Gasteiger partial charge in [0.1, 0.15) is 10.8 Å². The van der Waals surface area contributed by atoms with Crippen LogP contribution >= 0.6 is 11.3 Å². The molecular formula is C25H27FN2O4S. The number of halogens is 1. The minimum absolute atomic E-state index is 0.0501. The van der Waals surface area contributed by atoms with E-state index in [9.17, 15) is 18.8 Å². The number of rotatable bonds is 5. The third-order valence-corrected chi connectivity index (χ3v) is 8.82. The molecule has 4 aliphatic carbocycles. The maximum Gasteiger partial charge on any atom is 0.341 e. The number of nitrogens with one attached hydrogen (secondary N) is 2. The van der Waals surface area contributed by atoms with Crippen molar-refractivity contribution >= 4 is 39.8 Å². The lowest BCUT2D eigenvalue weighted by Gasteiger charge is -2.55. The zero-order valence-electron chi connectivity index (χ0n) is 18.7. The highest BCUT2D eigenvalue weighted by atomic mass is 32.1. The summed E-state index contributed by atoms with van der Waals surface area (Å²) in [4.78, 5) is 39.3. The van der Waals surface area contributed by atoms with Gasteiger partial charge in [-0.2, -0.15) is 0 Å². The number of para-hydroxylation sites is 1. The van der Waals surface area contributed by atoms with Gasteiger partial charge in [-0.15, -0.1) is 11.3 Å². The molecule has 6 nitrogen and oxygen atoms in total. The first-order valence-corrected chi connectivity index (χ1v) is 12.2. The molecule has 4 aliphatic rings. The van der Waals surface area contributed by atoms with Gasteiger partial charge in [0.25, 0.3) is 5.91 Å². The van der Waals surface area contributed by atoms with Crippen molar-refractivity contribution < 1.29 is 23.5 Å². The number of hydrogen-bond acceptors (Lipinski definition) is 5. The lowest BCUT2D eigenvalue weighted by molar-refractivity contribution is -0.140. The third-order valence-electron chi connectivity index (χ3n) is 7.61. The molecule has 1 aromatic heterocycles. The molecule has 1 aromatic carbocycles. The van der Waals surface area contributed by atoms with Crippen LogP contribution in [-0.2, 0) is 9.53 Å². The van der Waals surface area contributed by atoms with Gasteiger partial charge < -0.3 is 15.4 Å². The van der Waals surface area contributed by atoms with Crippen LogP contribution in [0.2, 0.25) is 0 Å². The number of esters is 1. The highest BCUT2D eigenvalue weighted by Crippen LogP contribution is 2.60. The maximum absolute atomic E-state index is 14.0. The predicted octanol–water partition coefficient (Wildman–Crippen LogP) is 5.39. The second-order valence-corrected chi connectivity index (χ2v) is 10.9. The number of amides is 2. The first kappa shape index (κ1) is 22.1. The first-order valence-electron chi connectivity index (χ1n) is 11.4. The molecule has 0 spiro atoms. The fourth-order valence-corrected chi connectivity index (χ4v) is 7.62. The van der Waals surface area contributed by atoms with E-state index in [0.717, 1.165) is 30.6 Å². The van der Waals surface area contributed by atoms with Crippen molar-refractivity contribution in [2.75, 3.05) is 17.7 Å². The number of anilines is 2. The SMILES string of the molecule is COC(=O)c1c(NC(=O)C23CC4CC(CC(C4)C2)C3)sc(C(=O)Nc2ccccc2F)c1C. The summed E-state index contributed by atoms with van der Waals surface area (Å²) in [5, 5.41) is 5.88. The molecule has 2 N–H and O–H groups in total. The summed E-state index contributed by atoms with van der Waals surface area (Å²) in [6, 6.07) is 5.88. The molecule has 0 atom stereocenters. The van der Waals surface area contributed by atoms with Gasteiger partial charge in [-0.3, -0.25) is 9.59 Å². The Morgan fingerprint density at radius 2 is 1.64 bits per heavy atom. The second kappa shape index (κ2) is 8.24. The monoisotopic (exact) mass is 470 g/mol. The number of carbonyl (C=O) groups is 3. The van der Waals surface area contributed by atoms with E-state index in [1.807, 2.05) is 0 Å². The molecule has 6 rings (SSSR count). The molecule has 4 saturated carbocycles. The van der Waals surface area contributed by atoms with E-state index in [1.54, 1.807) is 13.0 Å². The average Bonchev–Trinajstić information content (AvgIpc) is 3.09. The van der Waals surface area contributed by atoms with Gasteiger partial charge in [-0.25, -0.2) is 9.18 Å². The fraction of sp³-hybridized carbons (Fsp3) is 0.480. The van der Waals surface area contributed by atoms with Crippen molar-refractivity contribution in [3.63, 3.8) is 0 Å². The molecule has 8 heteroatoms. The molecule has 2 aromatic rings. The molecule has 0 radical (unpaired) electrons. The van der Waals surface area contributed by atoms with Crippen molar-refractivity contribution in [2.24, 2.45) is 23.2 Å².